The molecule has 0 fully saturated rings. The highest BCUT2D eigenvalue weighted by Crippen LogP contribution is 2.34. The number of nitrogens with one attached hydrogen (secondary N) is 1. The quantitative estimate of drug-likeness (QED) is 0.129. The molecule has 9 heteroatoms. The summed E-state index contributed by atoms with van der Waals surface area (Å²) in [5, 5.41) is 4.70. The molecule has 3 aromatic rings. The van der Waals surface area contributed by atoms with E-state index in [9.17, 15) is 9.18 Å². The van der Waals surface area contributed by atoms with E-state index < -0.39 is 0 Å². The molecule has 3 rings (SSSR count). The molecule has 0 bridgehead atoms. The van der Waals surface area contributed by atoms with Gasteiger partial charge < -0.3 is 9.47 Å². The molecular weight excluding hydrogens is 578 g/mol. The van der Waals surface area contributed by atoms with E-state index in [0.29, 0.717) is 23.1 Å². The van der Waals surface area contributed by atoms with Crippen LogP contribution in [0, 0.1) is 9.39 Å². The first-order valence-electron chi connectivity index (χ1n) is 9.98. The molecule has 1 amide bonds. The molecule has 0 aromatic heterocycles. The highest BCUT2D eigenvalue weighted by atomic mass is 127. The highest BCUT2D eigenvalue weighted by Gasteiger charge is 2.12. The van der Waals surface area contributed by atoms with Crippen molar-refractivity contribution in [1.29, 1.82) is 0 Å². The zero-order chi connectivity index (χ0) is 23.6. The molecule has 0 aliphatic carbocycles. The number of nitrogens with zero attached hydrogens (tertiary/aromatic N) is 1. The molecule has 0 heterocycles. The van der Waals surface area contributed by atoms with E-state index in [1.807, 2.05) is 25.1 Å². The third kappa shape index (κ3) is 8.21. The number of amides is 1. The first-order chi connectivity index (χ1) is 15.9. The van der Waals surface area contributed by atoms with Crippen LogP contribution in [0.5, 0.6) is 11.5 Å². The van der Waals surface area contributed by atoms with Gasteiger partial charge in [-0.1, -0.05) is 23.7 Å². The molecule has 33 heavy (non-hydrogen) atoms. The van der Waals surface area contributed by atoms with E-state index in [2.05, 4.69) is 33.1 Å². The summed E-state index contributed by atoms with van der Waals surface area (Å²) < 4.78 is 25.6. The average molecular weight is 599 g/mol. The number of carbonyl (C=O) groups is 1. The molecule has 172 valence electrons. The van der Waals surface area contributed by atoms with Crippen LogP contribution in [0.3, 0.4) is 0 Å². The van der Waals surface area contributed by atoms with Crippen LogP contribution in [0.1, 0.15) is 18.1 Å². The van der Waals surface area contributed by atoms with Crippen molar-refractivity contribution < 1.29 is 18.7 Å². The summed E-state index contributed by atoms with van der Waals surface area (Å²) >= 11 is 9.42. The van der Waals surface area contributed by atoms with E-state index in [-0.39, 0.29) is 24.1 Å². The molecule has 0 unspecified atom stereocenters. The van der Waals surface area contributed by atoms with E-state index >= 15 is 0 Å². The number of rotatable bonds is 10. The Morgan fingerprint density at radius 2 is 1.88 bits per heavy atom. The summed E-state index contributed by atoms with van der Waals surface area (Å²) in [5.41, 5.74) is 4.13. The number of hydrazone groups is 1. The van der Waals surface area contributed by atoms with Crippen molar-refractivity contribution in [1.82, 2.24) is 5.43 Å². The molecule has 0 radical (unpaired) electrons. The Hall–Kier alpha value is -2.30. The van der Waals surface area contributed by atoms with Crippen LogP contribution < -0.4 is 14.9 Å². The zero-order valence-electron chi connectivity index (χ0n) is 17.7. The molecule has 1 N–H and O–H groups in total. The van der Waals surface area contributed by atoms with Crippen molar-refractivity contribution in [3.05, 3.63) is 86.2 Å². The lowest BCUT2D eigenvalue weighted by molar-refractivity contribution is -0.118. The fraction of sp³-hybridized carbons (Fsp3) is 0.167. The van der Waals surface area contributed by atoms with Crippen molar-refractivity contribution in [3.8, 4) is 11.5 Å². The van der Waals surface area contributed by atoms with Gasteiger partial charge in [0.05, 0.1) is 22.1 Å². The van der Waals surface area contributed by atoms with Gasteiger partial charge in [-0.2, -0.15) is 5.10 Å². The fourth-order valence-corrected chi connectivity index (χ4v) is 4.29. The first-order valence-corrected chi connectivity index (χ1v) is 12.4. The second kappa shape index (κ2) is 12.8. The smallest absolute Gasteiger partial charge is 0.250 e. The molecule has 0 atom stereocenters. The molecule has 0 aliphatic heterocycles. The predicted octanol–water partition coefficient (Wildman–Crippen LogP) is 6.30. The Labute approximate surface area is 214 Å². The maximum absolute atomic E-state index is 13.1. The van der Waals surface area contributed by atoms with Crippen LogP contribution >= 0.6 is 46.0 Å². The minimum atomic E-state index is -0.289. The van der Waals surface area contributed by atoms with E-state index in [4.69, 9.17) is 21.1 Å². The maximum Gasteiger partial charge on any atom is 0.250 e. The van der Waals surface area contributed by atoms with E-state index in [0.717, 1.165) is 19.6 Å². The topological polar surface area (TPSA) is 59.9 Å². The van der Waals surface area contributed by atoms with Gasteiger partial charge in [-0.3, -0.25) is 4.79 Å². The maximum atomic E-state index is 13.1. The van der Waals surface area contributed by atoms with Gasteiger partial charge >= 0.3 is 0 Å². The molecular formula is C24H21ClFIN2O3S. The number of hydrogen-bond acceptors (Lipinski definition) is 5. The van der Waals surface area contributed by atoms with Gasteiger partial charge in [0.1, 0.15) is 12.4 Å². The second-order valence-electron chi connectivity index (χ2n) is 6.71. The number of carbonyl (C=O) groups excluding carboxylic acids is 1. The van der Waals surface area contributed by atoms with Crippen LogP contribution in [0.15, 0.2) is 70.7 Å². The summed E-state index contributed by atoms with van der Waals surface area (Å²) in [6, 6.07) is 17.1. The van der Waals surface area contributed by atoms with E-state index in [1.54, 1.807) is 36.5 Å². The lowest BCUT2D eigenvalue weighted by Crippen LogP contribution is -2.19. The number of benzene rings is 3. The van der Waals surface area contributed by atoms with Gasteiger partial charge in [-0.25, -0.2) is 9.82 Å². The largest absolute Gasteiger partial charge is 0.490 e. The predicted molar refractivity (Wildman–Crippen MR) is 139 cm³/mol. The Morgan fingerprint density at radius 3 is 2.58 bits per heavy atom. The zero-order valence-corrected chi connectivity index (χ0v) is 21.4. The van der Waals surface area contributed by atoms with Crippen molar-refractivity contribution in [2.24, 2.45) is 5.10 Å². The van der Waals surface area contributed by atoms with Crippen molar-refractivity contribution >= 4 is 58.1 Å². The lowest BCUT2D eigenvalue weighted by Gasteiger charge is -2.14. The molecule has 0 spiro atoms. The summed E-state index contributed by atoms with van der Waals surface area (Å²) in [6.07, 6.45) is 1.55. The monoisotopic (exact) mass is 598 g/mol. The minimum Gasteiger partial charge on any atom is -0.490 e. The van der Waals surface area contributed by atoms with Crippen molar-refractivity contribution in [2.75, 3.05) is 12.4 Å². The highest BCUT2D eigenvalue weighted by molar-refractivity contribution is 14.1. The third-order valence-electron chi connectivity index (χ3n) is 4.21. The van der Waals surface area contributed by atoms with Crippen LogP contribution in [0.2, 0.25) is 5.02 Å². The number of thioether (sulfide) groups is 1. The Kier molecular flexibility index (Phi) is 9.83. The molecule has 5 nitrogen and oxygen atoms in total. The minimum absolute atomic E-state index is 0.217. The average Bonchev–Trinajstić information content (AvgIpc) is 2.79. The van der Waals surface area contributed by atoms with Crippen LogP contribution in [0.4, 0.5) is 4.39 Å². The Bertz CT molecular complexity index is 1110. The van der Waals surface area contributed by atoms with Gasteiger partial charge in [0.15, 0.2) is 11.5 Å². The Morgan fingerprint density at radius 1 is 1.15 bits per heavy atom. The van der Waals surface area contributed by atoms with Gasteiger partial charge in [0, 0.05) is 9.92 Å². The molecule has 3 aromatic carbocycles. The summed E-state index contributed by atoms with van der Waals surface area (Å²) in [7, 11) is 0. The van der Waals surface area contributed by atoms with Gasteiger partial charge in [0.25, 0.3) is 0 Å². The molecule has 0 saturated carbocycles. The third-order valence-corrected chi connectivity index (χ3v) is 6.28. The first kappa shape index (κ1) is 25.3. The van der Waals surface area contributed by atoms with E-state index in [1.165, 1.54) is 23.9 Å². The van der Waals surface area contributed by atoms with Gasteiger partial charge in [-0.05, 0) is 89.2 Å². The summed E-state index contributed by atoms with van der Waals surface area (Å²) in [6.45, 7) is 2.63. The summed E-state index contributed by atoms with van der Waals surface area (Å²) in [5.74, 6) is 0.893. The normalized spacial score (nSPS) is 10.9. The number of hydrogen-bond donors (Lipinski definition) is 1. The Balaban J connectivity index is 1.60. The van der Waals surface area contributed by atoms with Crippen LogP contribution in [-0.4, -0.2) is 24.5 Å². The van der Waals surface area contributed by atoms with Crippen molar-refractivity contribution in [3.63, 3.8) is 0 Å². The lowest BCUT2D eigenvalue weighted by atomic mass is 10.2. The number of halogens is 3. The van der Waals surface area contributed by atoms with Gasteiger partial charge in [0.2, 0.25) is 5.91 Å². The second-order valence-corrected chi connectivity index (χ2v) is 9.36. The summed E-state index contributed by atoms with van der Waals surface area (Å²) in [4.78, 5) is 13.0. The SMILES string of the molecule is CCOc1cc(/C=N\NC(=O)CSc2ccc(Cl)cc2)cc(I)c1OCc1ccc(F)cc1. The van der Waals surface area contributed by atoms with Crippen LogP contribution in [0.25, 0.3) is 0 Å². The van der Waals surface area contributed by atoms with Crippen LogP contribution in [-0.2, 0) is 11.4 Å². The van der Waals surface area contributed by atoms with Crippen molar-refractivity contribution in [2.45, 2.75) is 18.4 Å². The van der Waals surface area contributed by atoms with Gasteiger partial charge in [-0.15, -0.1) is 11.8 Å². The standard InChI is InChI=1S/C24H21ClFIN2O3S/c1-2-31-22-12-17(11-21(27)24(22)32-14-16-3-7-19(26)8-4-16)13-28-29-23(30)15-33-20-9-5-18(25)6-10-20/h3-13H,2,14-15H2,1H3,(H,29,30)/b28-13-. The fourth-order valence-electron chi connectivity index (χ4n) is 2.69. The number of ether oxygens (including phenoxy) is 2. The molecule has 0 aliphatic rings. The molecule has 0 saturated heterocycles.